The van der Waals surface area contributed by atoms with E-state index in [1.165, 1.54) is 0 Å². The van der Waals surface area contributed by atoms with Crippen molar-refractivity contribution in [2.24, 2.45) is 0 Å². The summed E-state index contributed by atoms with van der Waals surface area (Å²) in [4.78, 5) is 17.0. The third-order valence-corrected chi connectivity index (χ3v) is 2.47. The minimum Gasteiger partial charge on any atom is -0.349 e. The number of hydrogen-bond acceptors (Lipinski definition) is 3. The Bertz CT molecular complexity index is 332. The predicted molar refractivity (Wildman–Crippen MR) is 63.1 cm³/mol. The molecule has 5 nitrogen and oxygen atoms in total. The molecular weight excluding hydrogens is 204 g/mol. The maximum atomic E-state index is 11.3. The van der Waals surface area contributed by atoms with Crippen LogP contribution in [0.25, 0.3) is 0 Å². The smallest absolute Gasteiger partial charge is 0.223 e. The molecule has 1 aromatic rings. The van der Waals surface area contributed by atoms with Crippen molar-refractivity contribution in [2.75, 3.05) is 27.2 Å². The molecule has 0 aromatic carbocycles. The van der Waals surface area contributed by atoms with Gasteiger partial charge in [-0.05, 0) is 6.92 Å². The predicted octanol–water partition coefficient (Wildman–Crippen LogP) is 0.259. The van der Waals surface area contributed by atoms with Crippen molar-refractivity contribution in [2.45, 2.75) is 19.9 Å². The van der Waals surface area contributed by atoms with E-state index in [2.05, 4.69) is 14.9 Å². The van der Waals surface area contributed by atoms with Crippen molar-refractivity contribution >= 4 is 5.91 Å². The third-order valence-electron chi connectivity index (χ3n) is 2.47. The maximum absolute atomic E-state index is 11.3. The highest BCUT2D eigenvalue weighted by molar-refractivity contribution is 5.75. The zero-order chi connectivity index (χ0) is 12.0. The van der Waals surface area contributed by atoms with Crippen LogP contribution in [0.1, 0.15) is 12.2 Å². The fourth-order valence-electron chi connectivity index (χ4n) is 1.38. The van der Waals surface area contributed by atoms with Crippen LogP contribution in [0.5, 0.6) is 0 Å². The summed E-state index contributed by atoms with van der Waals surface area (Å²) in [6, 6.07) is 0. The van der Waals surface area contributed by atoms with Gasteiger partial charge in [-0.3, -0.25) is 4.79 Å². The number of amides is 1. The molecule has 0 fully saturated rings. The summed E-state index contributed by atoms with van der Waals surface area (Å²) in [7, 11) is 3.55. The molecule has 1 N–H and O–H groups in total. The molecule has 0 aliphatic heterocycles. The molecule has 0 spiro atoms. The summed E-state index contributed by atoms with van der Waals surface area (Å²) in [5.41, 5.74) is 0. The van der Waals surface area contributed by atoms with Gasteiger partial charge in [-0.1, -0.05) is 0 Å². The third kappa shape index (κ3) is 4.02. The van der Waals surface area contributed by atoms with E-state index < -0.39 is 0 Å². The Morgan fingerprint density at radius 2 is 2.25 bits per heavy atom. The van der Waals surface area contributed by atoms with E-state index in [9.17, 15) is 4.79 Å². The van der Waals surface area contributed by atoms with Crippen LogP contribution in [0, 0.1) is 6.92 Å². The van der Waals surface area contributed by atoms with Gasteiger partial charge in [0.2, 0.25) is 5.91 Å². The van der Waals surface area contributed by atoms with Crippen LogP contribution in [0.15, 0.2) is 12.4 Å². The average molecular weight is 224 g/mol. The van der Waals surface area contributed by atoms with Gasteiger partial charge < -0.3 is 14.8 Å². The van der Waals surface area contributed by atoms with E-state index in [4.69, 9.17) is 0 Å². The number of carbonyl (C=O) groups is 1. The Morgan fingerprint density at radius 3 is 2.81 bits per heavy atom. The zero-order valence-electron chi connectivity index (χ0n) is 10.2. The Kier molecular flexibility index (Phi) is 4.98. The Morgan fingerprint density at radius 1 is 1.50 bits per heavy atom. The lowest BCUT2D eigenvalue weighted by Gasteiger charge is -2.10. The molecule has 16 heavy (non-hydrogen) atoms. The number of imidazole rings is 1. The molecule has 5 heteroatoms. The van der Waals surface area contributed by atoms with Gasteiger partial charge in [0, 0.05) is 52.5 Å². The first-order valence-corrected chi connectivity index (χ1v) is 5.50. The summed E-state index contributed by atoms with van der Waals surface area (Å²) < 4.78 is 2.08. The van der Waals surface area contributed by atoms with Crippen LogP contribution < -0.4 is 5.32 Å². The molecule has 0 atom stereocenters. The van der Waals surface area contributed by atoms with Crippen molar-refractivity contribution in [1.29, 1.82) is 0 Å². The highest BCUT2D eigenvalue weighted by Gasteiger charge is 2.02. The summed E-state index contributed by atoms with van der Waals surface area (Å²) in [6.07, 6.45) is 4.31. The molecular formula is C11H20N4O. The molecule has 0 aliphatic carbocycles. The molecule has 0 saturated heterocycles. The van der Waals surface area contributed by atoms with Crippen molar-refractivity contribution in [1.82, 2.24) is 19.8 Å². The van der Waals surface area contributed by atoms with E-state index in [1.54, 1.807) is 25.2 Å². The molecule has 0 radical (unpaired) electrons. The average Bonchev–Trinajstić information content (AvgIpc) is 2.63. The minimum atomic E-state index is 0.159. The van der Waals surface area contributed by atoms with E-state index >= 15 is 0 Å². The molecule has 1 rings (SSSR count). The van der Waals surface area contributed by atoms with Crippen LogP contribution in [0.3, 0.4) is 0 Å². The number of rotatable bonds is 6. The Hall–Kier alpha value is -1.36. The molecule has 0 bridgehead atoms. The Labute approximate surface area is 96.5 Å². The fourth-order valence-corrected chi connectivity index (χ4v) is 1.38. The van der Waals surface area contributed by atoms with Crippen molar-refractivity contribution in [3.63, 3.8) is 0 Å². The monoisotopic (exact) mass is 224 g/mol. The second-order valence-electron chi connectivity index (χ2n) is 3.96. The summed E-state index contributed by atoms with van der Waals surface area (Å²) in [6.45, 7) is 4.46. The van der Waals surface area contributed by atoms with E-state index in [-0.39, 0.29) is 5.91 Å². The largest absolute Gasteiger partial charge is 0.349 e. The molecule has 1 aromatic heterocycles. The number of aryl methyl sites for hydroxylation is 1. The molecule has 1 amide bonds. The zero-order valence-corrected chi connectivity index (χ0v) is 10.2. The van der Waals surface area contributed by atoms with Crippen LogP contribution in [0.2, 0.25) is 0 Å². The van der Waals surface area contributed by atoms with Crippen LogP contribution in [-0.2, 0) is 11.3 Å². The normalized spacial score (nSPS) is 10.4. The highest BCUT2D eigenvalue weighted by atomic mass is 16.2. The first-order chi connectivity index (χ1) is 7.61. The van der Waals surface area contributed by atoms with E-state index in [0.29, 0.717) is 6.42 Å². The topological polar surface area (TPSA) is 50.2 Å². The number of hydrogen-bond donors (Lipinski definition) is 1. The minimum absolute atomic E-state index is 0.159. The van der Waals surface area contributed by atoms with Crippen LogP contribution in [0.4, 0.5) is 0 Å². The van der Waals surface area contributed by atoms with Crippen LogP contribution >= 0.6 is 0 Å². The second-order valence-corrected chi connectivity index (χ2v) is 3.96. The summed E-state index contributed by atoms with van der Waals surface area (Å²) >= 11 is 0. The van der Waals surface area contributed by atoms with Gasteiger partial charge >= 0.3 is 0 Å². The van der Waals surface area contributed by atoms with Gasteiger partial charge in [-0.15, -0.1) is 0 Å². The second kappa shape index (κ2) is 6.27. The molecule has 0 aliphatic rings. The number of carbonyl (C=O) groups excluding carboxylic acids is 1. The quantitative estimate of drug-likeness (QED) is 0.705. The lowest BCUT2D eigenvalue weighted by molar-refractivity contribution is -0.128. The van der Waals surface area contributed by atoms with E-state index in [0.717, 1.165) is 25.5 Å². The number of nitrogens with one attached hydrogen (secondary N) is 1. The molecule has 0 unspecified atom stereocenters. The van der Waals surface area contributed by atoms with E-state index in [1.807, 2.05) is 13.1 Å². The van der Waals surface area contributed by atoms with Crippen molar-refractivity contribution in [3.05, 3.63) is 18.2 Å². The summed E-state index contributed by atoms with van der Waals surface area (Å²) in [5.74, 6) is 1.18. The van der Waals surface area contributed by atoms with Gasteiger partial charge in [0.1, 0.15) is 5.82 Å². The van der Waals surface area contributed by atoms with Crippen LogP contribution in [-0.4, -0.2) is 47.5 Å². The fraction of sp³-hybridized carbons (Fsp3) is 0.636. The molecule has 90 valence electrons. The standard InChI is InChI=1S/C11H20N4O/c1-10-13-7-9-15(10)8-6-12-5-4-11(16)14(2)3/h7,9,12H,4-6,8H2,1-3H3. The Balaban J connectivity index is 2.09. The molecule has 0 saturated carbocycles. The first kappa shape index (κ1) is 12.7. The number of nitrogens with zero attached hydrogens (tertiary/aromatic N) is 3. The number of aromatic nitrogens is 2. The molecule has 1 heterocycles. The van der Waals surface area contributed by atoms with Gasteiger partial charge in [-0.25, -0.2) is 4.98 Å². The van der Waals surface area contributed by atoms with Gasteiger partial charge in [0.15, 0.2) is 0 Å². The van der Waals surface area contributed by atoms with Gasteiger partial charge in [-0.2, -0.15) is 0 Å². The van der Waals surface area contributed by atoms with Gasteiger partial charge in [0.05, 0.1) is 0 Å². The maximum Gasteiger partial charge on any atom is 0.223 e. The van der Waals surface area contributed by atoms with Crippen molar-refractivity contribution < 1.29 is 4.79 Å². The first-order valence-electron chi connectivity index (χ1n) is 5.50. The summed E-state index contributed by atoms with van der Waals surface area (Å²) in [5, 5.41) is 3.24. The lowest BCUT2D eigenvalue weighted by Crippen LogP contribution is -2.28. The van der Waals surface area contributed by atoms with Gasteiger partial charge in [0.25, 0.3) is 0 Å². The lowest BCUT2D eigenvalue weighted by atomic mass is 10.4. The SMILES string of the molecule is Cc1nccn1CCNCCC(=O)N(C)C. The van der Waals surface area contributed by atoms with Crippen molar-refractivity contribution in [3.8, 4) is 0 Å². The highest BCUT2D eigenvalue weighted by Crippen LogP contribution is 1.93.